The molecule has 2 aromatic carbocycles. The molecular formula is C17H16ClFN2. The first-order chi connectivity index (χ1) is 10.2. The van der Waals surface area contributed by atoms with Gasteiger partial charge in [0, 0.05) is 24.8 Å². The fraction of sp³-hybridized carbons (Fsp3) is 0.176. The smallest absolute Gasteiger partial charge is 0.142 e. The average molecular weight is 303 g/mol. The Morgan fingerprint density at radius 1 is 1.10 bits per heavy atom. The molecule has 1 heterocycles. The van der Waals surface area contributed by atoms with Gasteiger partial charge in [-0.3, -0.25) is 0 Å². The largest absolute Gasteiger partial charge is 0.343 e. The minimum atomic E-state index is -0.373. The summed E-state index contributed by atoms with van der Waals surface area (Å²) >= 11 is 5.72. The van der Waals surface area contributed by atoms with Crippen LogP contribution in [-0.2, 0) is 13.1 Å². The lowest BCUT2D eigenvalue weighted by Gasteiger charge is -2.07. The molecule has 0 saturated heterocycles. The van der Waals surface area contributed by atoms with Gasteiger partial charge in [0.2, 0.25) is 0 Å². The predicted molar refractivity (Wildman–Crippen MR) is 85.2 cm³/mol. The molecule has 3 rings (SSSR count). The standard InChI is InChI=1S/C17H16ClFN2/c1-20-10-12-3-5-17-14(8-12)6-7-21(17)11-13-2-4-15(18)16(19)9-13/h2-9,20H,10-11H2,1H3. The summed E-state index contributed by atoms with van der Waals surface area (Å²) in [6.07, 6.45) is 2.03. The Kier molecular flexibility index (Phi) is 3.95. The van der Waals surface area contributed by atoms with Gasteiger partial charge >= 0.3 is 0 Å². The lowest BCUT2D eigenvalue weighted by atomic mass is 10.1. The van der Waals surface area contributed by atoms with Gasteiger partial charge in [0.05, 0.1) is 5.02 Å². The van der Waals surface area contributed by atoms with E-state index in [1.54, 1.807) is 6.07 Å². The normalized spacial score (nSPS) is 11.2. The second-order valence-corrected chi connectivity index (χ2v) is 5.52. The van der Waals surface area contributed by atoms with E-state index in [9.17, 15) is 4.39 Å². The summed E-state index contributed by atoms with van der Waals surface area (Å²) in [5, 5.41) is 4.50. The molecule has 0 spiro atoms. The van der Waals surface area contributed by atoms with Crippen LogP contribution in [0.25, 0.3) is 10.9 Å². The van der Waals surface area contributed by atoms with Crippen molar-refractivity contribution in [2.45, 2.75) is 13.1 Å². The second kappa shape index (κ2) is 5.88. The number of fused-ring (bicyclic) bond motifs is 1. The molecular weight excluding hydrogens is 287 g/mol. The van der Waals surface area contributed by atoms with E-state index in [2.05, 4.69) is 34.1 Å². The zero-order chi connectivity index (χ0) is 14.8. The lowest BCUT2D eigenvalue weighted by molar-refractivity contribution is 0.624. The maximum absolute atomic E-state index is 13.5. The van der Waals surface area contributed by atoms with Crippen molar-refractivity contribution in [1.82, 2.24) is 9.88 Å². The van der Waals surface area contributed by atoms with Gasteiger partial charge in [-0.2, -0.15) is 0 Å². The number of aromatic nitrogens is 1. The maximum atomic E-state index is 13.5. The molecule has 0 atom stereocenters. The van der Waals surface area contributed by atoms with E-state index < -0.39 is 0 Å². The van der Waals surface area contributed by atoms with Crippen LogP contribution in [0.2, 0.25) is 5.02 Å². The van der Waals surface area contributed by atoms with Crippen LogP contribution in [0.15, 0.2) is 48.7 Å². The molecule has 4 heteroatoms. The molecule has 0 amide bonds. The molecule has 0 aliphatic carbocycles. The van der Waals surface area contributed by atoms with Crippen LogP contribution in [0.4, 0.5) is 4.39 Å². The molecule has 0 radical (unpaired) electrons. The first kappa shape index (κ1) is 14.1. The highest BCUT2D eigenvalue weighted by Gasteiger charge is 2.05. The highest BCUT2D eigenvalue weighted by Crippen LogP contribution is 2.21. The van der Waals surface area contributed by atoms with Gasteiger partial charge in [-0.1, -0.05) is 23.7 Å². The summed E-state index contributed by atoms with van der Waals surface area (Å²) in [4.78, 5) is 0. The summed E-state index contributed by atoms with van der Waals surface area (Å²) in [5.41, 5.74) is 3.29. The SMILES string of the molecule is CNCc1ccc2c(ccn2Cc2ccc(Cl)c(F)c2)c1. The first-order valence-corrected chi connectivity index (χ1v) is 7.21. The molecule has 1 N–H and O–H groups in total. The van der Waals surface area contributed by atoms with Crippen LogP contribution in [0.1, 0.15) is 11.1 Å². The van der Waals surface area contributed by atoms with Crippen molar-refractivity contribution in [2.75, 3.05) is 7.05 Å². The Morgan fingerprint density at radius 2 is 1.90 bits per heavy atom. The van der Waals surface area contributed by atoms with E-state index in [1.165, 1.54) is 17.0 Å². The summed E-state index contributed by atoms with van der Waals surface area (Å²) in [6.45, 7) is 1.48. The molecule has 0 saturated carbocycles. The first-order valence-electron chi connectivity index (χ1n) is 6.83. The molecule has 108 valence electrons. The van der Waals surface area contributed by atoms with Gasteiger partial charge in [-0.05, 0) is 53.9 Å². The predicted octanol–water partition coefficient (Wildman–Crippen LogP) is 4.20. The highest BCUT2D eigenvalue weighted by atomic mass is 35.5. The minimum absolute atomic E-state index is 0.160. The number of rotatable bonds is 4. The van der Waals surface area contributed by atoms with Crippen molar-refractivity contribution >= 4 is 22.5 Å². The molecule has 0 bridgehead atoms. The Bertz CT molecular complexity index is 780. The van der Waals surface area contributed by atoms with E-state index in [0.29, 0.717) is 6.54 Å². The zero-order valence-electron chi connectivity index (χ0n) is 11.7. The van der Waals surface area contributed by atoms with Crippen LogP contribution in [0.3, 0.4) is 0 Å². The molecule has 21 heavy (non-hydrogen) atoms. The van der Waals surface area contributed by atoms with E-state index in [0.717, 1.165) is 17.6 Å². The Labute approximate surface area is 128 Å². The van der Waals surface area contributed by atoms with Crippen molar-refractivity contribution < 1.29 is 4.39 Å². The summed E-state index contributed by atoms with van der Waals surface area (Å²) in [5.74, 6) is -0.373. The molecule has 0 unspecified atom stereocenters. The van der Waals surface area contributed by atoms with Crippen molar-refractivity contribution in [3.8, 4) is 0 Å². The third-order valence-electron chi connectivity index (χ3n) is 3.55. The molecule has 1 aromatic heterocycles. The third kappa shape index (κ3) is 2.94. The Hall–Kier alpha value is -1.84. The van der Waals surface area contributed by atoms with Crippen LogP contribution < -0.4 is 5.32 Å². The number of nitrogens with one attached hydrogen (secondary N) is 1. The van der Waals surface area contributed by atoms with Gasteiger partial charge in [-0.15, -0.1) is 0 Å². The highest BCUT2D eigenvalue weighted by molar-refractivity contribution is 6.30. The number of hydrogen-bond donors (Lipinski definition) is 1. The van der Waals surface area contributed by atoms with E-state index in [4.69, 9.17) is 11.6 Å². The Morgan fingerprint density at radius 3 is 2.67 bits per heavy atom. The van der Waals surface area contributed by atoms with Crippen LogP contribution in [-0.4, -0.2) is 11.6 Å². The zero-order valence-corrected chi connectivity index (χ0v) is 12.5. The average Bonchev–Trinajstić information content (AvgIpc) is 2.86. The summed E-state index contributed by atoms with van der Waals surface area (Å²) in [6, 6.07) is 13.4. The molecule has 0 aliphatic heterocycles. The van der Waals surface area contributed by atoms with Crippen LogP contribution in [0.5, 0.6) is 0 Å². The molecule has 0 aliphatic rings. The van der Waals surface area contributed by atoms with Crippen LogP contribution in [0, 0.1) is 5.82 Å². The lowest BCUT2D eigenvalue weighted by Crippen LogP contribution is -2.04. The minimum Gasteiger partial charge on any atom is -0.343 e. The Balaban J connectivity index is 1.91. The fourth-order valence-electron chi connectivity index (χ4n) is 2.54. The van der Waals surface area contributed by atoms with Gasteiger partial charge in [-0.25, -0.2) is 4.39 Å². The molecule has 2 nitrogen and oxygen atoms in total. The topological polar surface area (TPSA) is 17.0 Å². The van der Waals surface area contributed by atoms with Crippen molar-refractivity contribution in [3.63, 3.8) is 0 Å². The summed E-state index contributed by atoms with van der Waals surface area (Å²) in [7, 11) is 1.93. The van der Waals surface area contributed by atoms with Gasteiger partial charge in [0.15, 0.2) is 0 Å². The number of benzene rings is 2. The second-order valence-electron chi connectivity index (χ2n) is 5.12. The molecule has 0 fully saturated rings. The number of halogens is 2. The van der Waals surface area contributed by atoms with Gasteiger partial charge in [0.25, 0.3) is 0 Å². The molecule has 3 aromatic rings. The van der Waals surface area contributed by atoms with E-state index in [1.807, 2.05) is 19.3 Å². The van der Waals surface area contributed by atoms with Crippen molar-refractivity contribution in [3.05, 3.63) is 70.6 Å². The maximum Gasteiger partial charge on any atom is 0.142 e. The van der Waals surface area contributed by atoms with E-state index >= 15 is 0 Å². The van der Waals surface area contributed by atoms with Crippen LogP contribution >= 0.6 is 11.6 Å². The number of hydrogen-bond acceptors (Lipinski definition) is 1. The fourth-order valence-corrected chi connectivity index (χ4v) is 2.65. The van der Waals surface area contributed by atoms with Crippen molar-refractivity contribution in [1.29, 1.82) is 0 Å². The third-order valence-corrected chi connectivity index (χ3v) is 3.86. The summed E-state index contributed by atoms with van der Waals surface area (Å²) < 4.78 is 15.6. The quantitative estimate of drug-likeness (QED) is 0.764. The van der Waals surface area contributed by atoms with E-state index in [-0.39, 0.29) is 10.8 Å². The van der Waals surface area contributed by atoms with Crippen molar-refractivity contribution in [2.24, 2.45) is 0 Å². The monoisotopic (exact) mass is 302 g/mol. The number of nitrogens with zero attached hydrogens (tertiary/aromatic N) is 1. The van der Waals surface area contributed by atoms with Gasteiger partial charge in [0.1, 0.15) is 5.82 Å². The van der Waals surface area contributed by atoms with Gasteiger partial charge < -0.3 is 9.88 Å².